The molecule has 1 fully saturated rings. The second-order valence-corrected chi connectivity index (χ2v) is 8.26. The summed E-state index contributed by atoms with van der Waals surface area (Å²) in [7, 11) is 4.63. The van der Waals surface area contributed by atoms with Crippen LogP contribution in [0.5, 0.6) is 17.2 Å². The minimum atomic E-state index is -0.821. The number of aryl methyl sites for hydroxylation is 1. The molecule has 0 saturated carbocycles. The zero-order chi connectivity index (χ0) is 25.1. The van der Waals surface area contributed by atoms with Crippen LogP contribution >= 0.6 is 0 Å². The molecule has 4 rings (SSSR count). The number of rotatable bonds is 7. The highest BCUT2D eigenvalue weighted by Gasteiger charge is 2.46. The van der Waals surface area contributed by atoms with Crippen molar-refractivity contribution in [3.05, 3.63) is 94.6 Å². The zero-order valence-corrected chi connectivity index (χ0v) is 20.1. The van der Waals surface area contributed by atoms with Crippen molar-refractivity contribution in [1.82, 2.24) is 4.90 Å². The largest absolute Gasteiger partial charge is 0.507 e. The molecule has 1 aliphatic heterocycles. The number of hydrogen-bond acceptors (Lipinski definition) is 6. The average molecular weight is 474 g/mol. The molecular weight excluding hydrogens is 446 g/mol. The maximum absolute atomic E-state index is 13.3. The van der Waals surface area contributed by atoms with E-state index in [1.165, 1.54) is 19.1 Å². The fourth-order valence-corrected chi connectivity index (χ4v) is 4.21. The molecule has 0 bridgehead atoms. The summed E-state index contributed by atoms with van der Waals surface area (Å²) in [4.78, 5) is 28.0. The normalized spacial score (nSPS) is 16.9. The lowest BCUT2D eigenvalue weighted by atomic mass is 9.94. The van der Waals surface area contributed by atoms with Crippen molar-refractivity contribution in [2.45, 2.75) is 19.5 Å². The number of ether oxygens (including phenoxy) is 3. The molecular formula is C28H27NO6. The number of methoxy groups -OCH3 is 3. The second kappa shape index (κ2) is 9.93. The summed E-state index contributed by atoms with van der Waals surface area (Å²) in [5.74, 6) is 0.00915. The molecule has 7 nitrogen and oxygen atoms in total. The third-order valence-corrected chi connectivity index (χ3v) is 6.10. The Morgan fingerprint density at radius 3 is 2.11 bits per heavy atom. The van der Waals surface area contributed by atoms with Gasteiger partial charge in [-0.25, -0.2) is 0 Å². The van der Waals surface area contributed by atoms with E-state index in [0.717, 1.165) is 11.1 Å². The van der Waals surface area contributed by atoms with Crippen LogP contribution in [-0.4, -0.2) is 43.0 Å². The van der Waals surface area contributed by atoms with Gasteiger partial charge in [0.2, 0.25) is 0 Å². The summed E-state index contributed by atoms with van der Waals surface area (Å²) in [6.45, 7) is 2.10. The molecule has 7 heteroatoms. The Hall–Kier alpha value is -4.26. The molecule has 1 heterocycles. The fraction of sp³-hybridized carbons (Fsp3) is 0.214. The Bertz CT molecular complexity index is 1280. The molecule has 1 saturated heterocycles. The van der Waals surface area contributed by atoms with E-state index < -0.39 is 17.7 Å². The van der Waals surface area contributed by atoms with Gasteiger partial charge in [-0.05, 0) is 42.3 Å². The van der Waals surface area contributed by atoms with Crippen molar-refractivity contribution in [3.63, 3.8) is 0 Å². The van der Waals surface area contributed by atoms with E-state index in [1.807, 2.05) is 31.2 Å². The number of ketones is 1. The van der Waals surface area contributed by atoms with Crippen molar-refractivity contribution >= 4 is 17.4 Å². The van der Waals surface area contributed by atoms with Crippen molar-refractivity contribution < 1.29 is 28.9 Å². The van der Waals surface area contributed by atoms with E-state index in [4.69, 9.17) is 14.2 Å². The number of nitrogens with zero attached hydrogens (tertiary/aromatic N) is 1. The SMILES string of the molecule is COc1ccc(CN2C(=O)C(=O)/C(=C(\O)c3ccc(C)cc3)C2c2ccc(OC)c(OC)c2)cc1. The number of benzene rings is 3. The second-order valence-electron chi connectivity index (χ2n) is 8.26. The monoisotopic (exact) mass is 473 g/mol. The van der Waals surface area contributed by atoms with Gasteiger partial charge >= 0.3 is 0 Å². The third-order valence-electron chi connectivity index (χ3n) is 6.10. The van der Waals surface area contributed by atoms with Gasteiger partial charge in [0.15, 0.2) is 11.5 Å². The van der Waals surface area contributed by atoms with Gasteiger partial charge in [-0.1, -0.05) is 48.0 Å². The van der Waals surface area contributed by atoms with Crippen LogP contribution in [0.1, 0.15) is 28.3 Å². The molecule has 1 atom stereocenters. The maximum atomic E-state index is 13.3. The number of carbonyl (C=O) groups is 2. The molecule has 0 aliphatic carbocycles. The number of hydrogen-bond donors (Lipinski definition) is 1. The smallest absolute Gasteiger partial charge is 0.295 e. The van der Waals surface area contributed by atoms with E-state index in [2.05, 4.69) is 0 Å². The Kier molecular flexibility index (Phi) is 6.78. The van der Waals surface area contributed by atoms with Crippen LogP contribution in [0.2, 0.25) is 0 Å². The van der Waals surface area contributed by atoms with Gasteiger partial charge in [-0.3, -0.25) is 9.59 Å². The molecule has 0 spiro atoms. The third kappa shape index (κ3) is 4.57. The first-order valence-electron chi connectivity index (χ1n) is 11.1. The van der Waals surface area contributed by atoms with E-state index in [-0.39, 0.29) is 17.9 Å². The van der Waals surface area contributed by atoms with Crippen LogP contribution < -0.4 is 14.2 Å². The highest BCUT2D eigenvalue weighted by Crippen LogP contribution is 2.42. The predicted molar refractivity (Wildman–Crippen MR) is 132 cm³/mol. The quantitative estimate of drug-likeness (QED) is 0.306. The summed E-state index contributed by atoms with van der Waals surface area (Å²) < 4.78 is 16.0. The number of carbonyl (C=O) groups excluding carboxylic acids is 2. The first-order valence-corrected chi connectivity index (χ1v) is 11.1. The van der Waals surface area contributed by atoms with Crippen LogP contribution in [0, 0.1) is 6.92 Å². The molecule has 1 aliphatic rings. The first kappa shape index (κ1) is 23.9. The van der Waals surface area contributed by atoms with Crippen LogP contribution in [0.15, 0.2) is 72.3 Å². The molecule has 1 N–H and O–H groups in total. The Morgan fingerprint density at radius 2 is 1.51 bits per heavy atom. The highest BCUT2D eigenvalue weighted by atomic mass is 16.5. The standard InChI is InChI=1S/C28H27NO6/c1-17-5-9-19(10-6-17)26(30)24-25(20-11-14-22(34-3)23(15-20)35-4)29(28(32)27(24)31)16-18-7-12-21(33-2)13-8-18/h5-15,25,30H,16H2,1-4H3/b26-24-. The molecule has 0 radical (unpaired) electrons. The molecule has 1 unspecified atom stereocenters. The summed E-state index contributed by atoms with van der Waals surface area (Å²) in [6.07, 6.45) is 0. The topological polar surface area (TPSA) is 85.3 Å². The summed E-state index contributed by atoms with van der Waals surface area (Å²) in [5.41, 5.74) is 2.93. The minimum Gasteiger partial charge on any atom is -0.507 e. The zero-order valence-electron chi connectivity index (χ0n) is 20.1. The number of aliphatic hydroxyl groups is 1. The molecule has 0 aromatic heterocycles. The minimum absolute atomic E-state index is 0.0274. The van der Waals surface area contributed by atoms with Crippen molar-refractivity contribution in [2.75, 3.05) is 21.3 Å². The van der Waals surface area contributed by atoms with Crippen LogP contribution in [0.4, 0.5) is 0 Å². The van der Waals surface area contributed by atoms with Crippen LogP contribution in [-0.2, 0) is 16.1 Å². The van der Waals surface area contributed by atoms with E-state index >= 15 is 0 Å². The molecule has 35 heavy (non-hydrogen) atoms. The van der Waals surface area contributed by atoms with Gasteiger partial charge in [0, 0.05) is 12.1 Å². The van der Waals surface area contributed by atoms with Crippen LogP contribution in [0.25, 0.3) is 5.76 Å². The van der Waals surface area contributed by atoms with Gasteiger partial charge in [0.05, 0.1) is 32.9 Å². The lowest BCUT2D eigenvalue weighted by Crippen LogP contribution is -2.29. The molecule has 3 aromatic rings. The Labute approximate surface area is 204 Å². The molecule has 180 valence electrons. The number of likely N-dealkylation sites (tertiary alicyclic amines) is 1. The van der Waals surface area contributed by atoms with Gasteiger partial charge in [-0.15, -0.1) is 0 Å². The van der Waals surface area contributed by atoms with Crippen LogP contribution in [0.3, 0.4) is 0 Å². The molecule has 3 aromatic carbocycles. The van der Waals surface area contributed by atoms with Gasteiger partial charge in [0.25, 0.3) is 11.7 Å². The first-order chi connectivity index (χ1) is 16.9. The van der Waals surface area contributed by atoms with E-state index in [9.17, 15) is 14.7 Å². The molecule has 1 amide bonds. The van der Waals surface area contributed by atoms with E-state index in [1.54, 1.807) is 49.6 Å². The lowest BCUT2D eigenvalue weighted by Gasteiger charge is -2.26. The predicted octanol–water partition coefficient (Wildman–Crippen LogP) is 4.64. The van der Waals surface area contributed by atoms with E-state index in [0.29, 0.717) is 28.4 Å². The van der Waals surface area contributed by atoms with Gasteiger partial charge in [-0.2, -0.15) is 0 Å². The number of Topliss-reactive ketones (excluding diaryl/α,β-unsaturated/α-hetero) is 1. The summed E-state index contributed by atoms with van der Waals surface area (Å²) in [6, 6.07) is 18.8. The lowest BCUT2D eigenvalue weighted by molar-refractivity contribution is -0.140. The summed E-state index contributed by atoms with van der Waals surface area (Å²) >= 11 is 0. The fourth-order valence-electron chi connectivity index (χ4n) is 4.21. The van der Waals surface area contributed by atoms with Crippen molar-refractivity contribution in [2.24, 2.45) is 0 Å². The van der Waals surface area contributed by atoms with Crippen molar-refractivity contribution in [1.29, 1.82) is 0 Å². The summed E-state index contributed by atoms with van der Waals surface area (Å²) in [5, 5.41) is 11.2. The number of amides is 1. The maximum Gasteiger partial charge on any atom is 0.295 e. The Balaban J connectivity index is 1.86. The van der Waals surface area contributed by atoms with Gasteiger partial charge < -0.3 is 24.2 Å². The number of aliphatic hydroxyl groups excluding tert-OH is 1. The van der Waals surface area contributed by atoms with Crippen molar-refractivity contribution in [3.8, 4) is 17.2 Å². The highest BCUT2D eigenvalue weighted by molar-refractivity contribution is 6.46. The average Bonchev–Trinajstić information content (AvgIpc) is 3.13. The van der Waals surface area contributed by atoms with Gasteiger partial charge in [0.1, 0.15) is 11.5 Å². The Morgan fingerprint density at radius 1 is 0.857 bits per heavy atom.